The molecule has 0 aliphatic carbocycles. The van der Waals surface area contributed by atoms with Gasteiger partial charge in [0.2, 0.25) is 5.91 Å². The van der Waals surface area contributed by atoms with E-state index < -0.39 is 5.54 Å². The van der Waals surface area contributed by atoms with Crippen LogP contribution in [0.5, 0.6) is 0 Å². The second kappa shape index (κ2) is 8.97. The Hall–Kier alpha value is -2.44. The Morgan fingerprint density at radius 2 is 2.06 bits per heavy atom. The topological polar surface area (TPSA) is 78.3 Å². The molecule has 4 rings (SSSR count). The largest absolute Gasteiger partial charge is 0.381 e. The molecule has 0 unspecified atom stereocenters. The number of nitrogens with one attached hydrogen (secondary N) is 2. The molecule has 31 heavy (non-hydrogen) atoms. The average Bonchev–Trinajstić information content (AvgIpc) is 2.76. The average molecular weight is 441 g/mol. The fourth-order valence-electron chi connectivity index (χ4n) is 4.50. The first kappa shape index (κ1) is 21.8. The molecule has 1 aromatic carbocycles. The molecule has 1 atom stereocenters. The predicted octanol–water partition coefficient (Wildman–Crippen LogP) is 4.04. The molecular formula is C24H29ClN4O2. The highest BCUT2D eigenvalue weighted by Gasteiger charge is 2.43. The summed E-state index contributed by atoms with van der Waals surface area (Å²) in [5.74, 6) is 0.102. The van der Waals surface area contributed by atoms with Crippen LogP contribution in [0.3, 0.4) is 0 Å². The lowest BCUT2D eigenvalue weighted by Crippen LogP contribution is -2.62. The van der Waals surface area contributed by atoms with Crippen molar-refractivity contribution in [3.8, 4) is 0 Å². The summed E-state index contributed by atoms with van der Waals surface area (Å²) < 4.78 is 5.41. The van der Waals surface area contributed by atoms with Gasteiger partial charge in [0.05, 0.1) is 12.0 Å². The first-order valence-corrected chi connectivity index (χ1v) is 11.3. The quantitative estimate of drug-likeness (QED) is 0.735. The molecule has 0 spiro atoms. The maximum absolute atomic E-state index is 13.1. The number of hydrogen-bond acceptors (Lipinski definition) is 4. The molecule has 164 valence electrons. The Kier molecular flexibility index (Phi) is 6.30. The zero-order chi connectivity index (χ0) is 22.0. The van der Waals surface area contributed by atoms with Gasteiger partial charge in [-0.05, 0) is 48.9 Å². The van der Waals surface area contributed by atoms with Crippen LogP contribution in [-0.4, -0.2) is 41.0 Å². The van der Waals surface area contributed by atoms with E-state index in [0.717, 1.165) is 41.6 Å². The Morgan fingerprint density at radius 3 is 2.71 bits per heavy atom. The highest BCUT2D eigenvalue weighted by Crippen LogP contribution is 2.37. The SMILES string of the molecule is CCc1ccc(Cc2cccc([C@]3(C)CC(=O)N(C4CCOCC4)C(=N)N3)c2Cl)cn1. The lowest BCUT2D eigenvalue weighted by Gasteiger charge is -2.45. The zero-order valence-corrected chi connectivity index (χ0v) is 18.8. The number of ether oxygens (including phenoxy) is 1. The van der Waals surface area contributed by atoms with Crippen LogP contribution in [0.2, 0.25) is 5.02 Å². The maximum atomic E-state index is 13.1. The van der Waals surface area contributed by atoms with Gasteiger partial charge >= 0.3 is 0 Å². The van der Waals surface area contributed by atoms with E-state index >= 15 is 0 Å². The van der Waals surface area contributed by atoms with Crippen LogP contribution in [0, 0.1) is 5.41 Å². The summed E-state index contributed by atoms with van der Waals surface area (Å²) in [6.45, 7) is 5.29. The molecule has 2 fully saturated rings. The molecule has 2 aliphatic heterocycles. The minimum atomic E-state index is -0.729. The lowest BCUT2D eigenvalue weighted by atomic mass is 9.84. The van der Waals surface area contributed by atoms with Crippen molar-refractivity contribution in [2.24, 2.45) is 0 Å². The fourth-order valence-corrected chi connectivity index (χ4v) is 4.90. The number of rotatable bonds is 5. The number of pyridine rings is 1. The van der Waals surface area contributed by atoms with E-state index in [0.29, 0.717) is 24.7 Å². The summed E-state index contributed by atoms with van der Waals surface area (Å²) in [7, 11) is 0. The van der Waals surface area contributed by atoms with Crippen molar-refractivity contribution in [2.75, 3.05) is 13.2 Å². The summed E-state index contributed by atoms with van der Waals surface area (Å²) >= 11 is 6.85. The van der Waals surface area contributed by atoms with Gasteiger partial charge in [0, 0.05) is 42.6 Å². The number of carbonyl (C=O) groups excluding carboxylic acids is 1. The van der Waals surface area contributed by atoms with Gasteiger partial charge < -0.3 is 10.1 Å². The first-order chi connectivity index (χ1) is 14.9. The summed E-state index contributed by atoms with van der Waals surface area (Å²) in [6.07, 6.45) is 5.24. The van der Waals surface area contributed by atoms with Gasteiger partial charge in [-0.25, -0.2) is 0 Å². The lowest BCUT2D eigenvalue weighted by molar-refractivity contribution is -0.133. The van der Waals surface area contributed by atoms with Crippen LogP contribution >= 0.6 is 11.6 Å². The summed E-state index contributed by atoms with van der Waals surface area (Å²) in [6, 6.07) is 10.1. The third-order valence-electron chi connectivity index (χ3n) is 6.28. The van der Waals surface area contributed by atoms with Crippen molar-refractivity contribution in [1.29, 1.82) is 5.41 Å². The van der Waals surface area contributed by atoms with Gasteiger partial charge in [-0.3, -0.25) is 20.1 Å². The minimum Gasteiger partial charge on any atom is -0.381 e. The van der Waals surface area contributed by atoms with Crippen molar-refractivity contribution < 1.29 is 9.53 Å². The second-order valence-corrected chi connectivity index (χ2v) is 8.93. The van der Waals surface area contributed by atoms with Crippen molar-refractivity contribution in [3.63, 3.8) is 0 Å². The van der Waals surface area contributed by atoms with Crippen LogP contribution in [0.1, 0.15) is 55.5 Å². The Bertz CT molecular complexity index is 952. The number of guanidine groups is 1. The van der Waals surface area contributed by atoms with E-state index in [1.165, 1.54) is 0 Å². The summed E-state index contributed by atoms with van der Waals surface area (Å²) in [5.41, 5.74) is 3.25. The Balaban J connectivity index is 1.56. The van der Waals surface area contributed by atoms with Gasteiger partial charge in [-0.1, -0.05) is 42.8 Å². The number of carbonyl (C=O) groups is 1. The normalized spacial score (nSPS) is 22.5. The van der Waals surface area contributed by atoms with E-state index in [2.05, 4.69) is 23.3 Å². The molecule has 2 N–H and O–H groups in total. The highest BCUT2D eigenvalue weighted by molar-refractivity contribution is 6.32. The number of amides is 1. The number of benzene rings is 1. The smallest absolute Gasteiger partial charge is 0.232 e. The molecule has 0 saturated carbocycles. The predicted molar refractivity (Wildman–Crippen MR) is 121 cm³/mol. The third-order valence-corrected chi connectivity index (χ3v) is 6.73. The van der Waals surface area contributed by atoms with Crippen LogP contribution < -0.4 is 5.32 Å². The first-order valence-electron chi connectivity index (χ1n) is 10.9. The number of hydrogen-bond donors (Lipinski definition) is 2. The van der Waals surface area contributed by atoms with Crippen molar-refractivity contribution >= 4 is 23.5 Å². The van der Waals surface area contributed by atoms with E-state index in [4.69, 9.17) is 21.7 Å². The molecule has 2 saturated heterocycles. The molecule has 1 amide bonds. The van der Waals surface area contributed by atoms with Crippen LogP contribution in [-0.2, 0) is 27.9 Å². The monoisotopic (exact) mass is 440 g/mol. The van der Waals surface area contributed by atoms with Gasteiger partial charge in [0.25, 0.3) is 0 Å². The molecule has 6 nitrogen and oxygen atoms in total. The summed E-state index contributed by atoms with van der Waals surface area (Å²) in [5, 5.41) is 12.5. The molecule has 3 heterocycles. The van der Waals surface area contributed by atoms with E-state index in [1.807, 2.05) is 37.4 Å². The number of aryl methyl sites for hydroxylation is 1. The number of aromatic nitrogens is 1. The molecule has 0 radical (unpaired) electrons. The van der Waals surface area contributed by atoms with Crippen LogP contribution in [0.25, 0.3) is 0 Å². The second-order valence-electron chi connectivity index (χ2n) is 8.56. The van der Waals surface area contributed by atoms with E-state index in [1.54, 1.807) is 4.90 Å². The van der Waals surface area contributed by atoms with Crippen LogP contribution in [0.4, 0.5) is 0 Å². The fraction of sp³-hybridized carbons (Fsp3) is 0.458. The molecule has 0 bridgehead atoms. The van der Waals surface area contributed by atoms with E-state index in [-0.39, 0.29) is 24.3 Å². The van der Waals surface area contributed by atoms with Crippen molar-refractivity contribution in [1.82, 2.24) is 15.2 Å². The Labute approximate surface area is 188 Å². The maximum Gasteiger partial charge on any atom is 0.232 e. The van der Waals surface area contributed by atoms with Crippen LogP contribution in [0.15, 0.2) is 36.5 Å². The molecule has 1 aromatic heterocycles. The molecule has 2 aliphatic rings. The molecule has 2 aromatic rings. The van der Waals surface area contributed by atoms with E-state index in [9.17, 15) is 4.79 Å². The van der Waals surface area contributed by atoms with Gasteiger partial charge in [-0.15, -0.1) is 0 Å². The molecule has 7 heteroatoms. The van der Waals surface area contributed by atoms with Crippen molar-refractivity contribution in [3.05, 3.63) is 63.9 Å². The van der Waals surface area contributed by atoms with Gasteiger partial charge in [0.15, 0.2) is 5.96 Å². The zero-order valence-electron chi connectivity index (χ0n) is 18.1. The molecular weight excluding hydrogens is 412 g/mol. The number of halogens is 1. The van der Waals surface area contributed by atoms with Gasteiger partial charge in [-0.2, -0.15) is 0 Å². The third kappa shape index (κ3) is 4.46. The van der Waals surface area contributed by atoms with Gasteiger partial charge in [0.1, 0.15) is 0 Å². The summed E-state index contributed by atoms with van der Waals surface area (Å²) in [4.78, 5) is 19.2. The minimum absolute atomic E-state index is 0.0196. The van der Waals surface area contributed by atoms with Crippen molar-refractivity contribution in [2.45, 2.75) is 57.5 Å². The number of nitrogens with zero attached hydrogens (tertiary/aromatic N) is 2. The Morgan fingerprint density at radius 1 is 1.29 bits per heavy atom. The standard InChI is InChI=1S/C24H29ClN4O2/c1-3-18-8-7-16(15-27-18)13-17-5-4-6-20(22(17)25)24(2)14-21(30)29(23(26)28-24)19-9-11-31-12-10-19/h4-8,15,19H,3,9-14H2,1-2H3,(H2,26,28)/t24-/m0/s1. The highest BCUT2D eigenvalue weighted by atomic mass is 35.5.